The fourth-order valence-corrected chi connectivity index (χ4v) is 2.43. The predicted molar refractivity (Wildman–Crippen MR) is 71.3 cm³/mol. The summed E-state index contributed by atoms with van der Waals surface area (Å²) in [6.07, 6.45) is 0.336. The molecule has 2 heterocycles. The number of aromatic nitrogens is 2. The van der Waals surface area contributed by atoms with Crippen molar-refractivity contribution >= 4 is 11.5 Å². The molecule has 1 saturated heterocycles. The monoisotopic (exact) mass is 271 g/mol. The van der Waals surface area contributed by atoms with Gasteiger partial charge in [-0.2, -0.15) is 9.36 Å². The van der Waals surface area contributed by atoms with Crippen LogP contribution in [0.2, 0.25) is 0 Å². The molecule has 0 bridgehead atoms. The van der Waals surface area contributed by atoms with Crippen molar-refractivity contribution in [1.82, 2.24) is 14.7 Å². The Bertz CT molecular complexity index is 389. The highest BCUT2D eigenvalue weighted by Crippen LogP contribution is 2.24. The Morgan fingerprint density at radius 2 is 2.22 bits per heavy atom. The van der Waals surface area contributed by atoms with Gasteiger partial charge >= 0.3 is 0 Å². The average Bonchev–Trinajstić information content (AvgIpc) is 2.74. The minimum atomic E-state index is -0.0322. The molecule has 0 aliphatic carbocycles. The minimum Gasteiger partial charge on any atom is -0.466 e. The van der Waals surface area contributed by atoms with E-state index in [-0.39, 0.29) is 17.6 Å². The zero-order chi connectivity index (χ0) is 13.2. The summed E-state index contributed by atoms with van der Waals surface area (Å²) in [6.45, 7) is 10.6. The Balaban J connectivity index is 1.85. The van der Waals surface area contributed by atoms with E-state index in [1.54, 1.807) is 0 Å². The molecule has 0 aromatic carbocycles. The van der Waals surface area contributed by atoms with Gasteiger partial charge in [0.25, 0.3) is 5.19 Å². The summed E-state index contributed by atoms with van der Waals surface area (Å²) in [5.74, 6) is 0.832. The summed E-state index contributed by atoms with van der Waals surface area (Å²) in [5, 5.41) is 3.94. The second-order valence-electron chi connectivity index (χ2n) is 5.67. The molecule has 18 heavy (non-hydrogen) atoms. The first-order valence-electron chi connectivity index (χ1n) is 6.28. The zero-order valence-electron chi connectivity index (χ0n) is 11.4. The Hall–Kier alpha value is -0.720. The van der Waals surface area contributed by atoms with E-state index in [1.165, 1.54) is 11.5 Å². The third-order valence-corrected chi connectivity index (χ3v) is 3.33. The fourth-order valence-electron chi connectivity index (χ4n) is 1.71. The van der Waals surface area contributed by atoms with Crippen LogP contribution in [0.25, 0.3) is 0 Å². The first-order chi connectivity index (χ1) is 8.45. The lowest BCUT2D eigenvalue weighted by molar-refractivity contribution is -0.0470. The van der Waals surface area contributed by atoms with Crippen molar-refractivity contribution in [1.29, 1.82) is 0 Å². The van der Waals surface area contributed by atoms with Gasteiger partial charge in [-0.15, -0.1) is 0 Å². The van der Waals surface area contributed by atoms with Gasteiger partial charge in [-0.1, -0.05) is 20.8 Å². The lowest BCUT2D eigenvalue weighted by atomic mass is 9.96. The normalized spacial score (nSPS) is 25.1. The minimum absolute atomic E-state index is 0.0322. The molecular weight excluding hydrogens is 250 g/mol. The van der Waals surface area contributed by atoms with Crippen LogP contribution in [0.4, 0.5) is 0 Å². The molecule has 0 amide bonds. The van der Waals surface area contributed by atoms with E-state index in [9.17, 15) is 0 Å². The van der Waals surface area contributed by atoms with E-state index >= 15 is 0 Å². The van der Waals surface area contributed by atoms with E-state index < -0.39 is 0 Å². The van der Waals surface area contributed by atoms with Crippen LogP contribution in [0.5, 0.6) is 5.19 Å². The molecule has 0 saturated carbocycles. The largest absolute Gasteiger partial charge is 0.466 e. The summed E-state index contributed by atoms with van der Waals surface area (Å²) in [6, 6.07) is 0. The van der Waals surface area contributed by atoms with Gasteiger partial charge in [-0.05, 0) is 6.92 Å². The van der Waals surface area contributed by atoms with Crippen LogP contribution in [-0.2, 0) is 10.2 Å². The van der Waals surface area contributed by atoms with E-state index in [1.807, 2.05) is 0 Å². The fraction of sp³-hybridized carbons (Fsp3) is 0.833. The van der Waals surface area contributed by atoms with Crippen molar-refractivity contribution in [3.63, 3.8) is 0 Å². The molecule has 0 spiro atoms. The van der Waals surface area contributed by atoms with Gasteiger partial charge in [-0.3, -0.25) is 0 Å². The Morgan fingerprint density at radius 3 is 2.83 bits per heavy atom. The molecule has 1 N–H and O–H groups in total. The SMILES string of the molecule is CC1CNCC(COc2nc(C(C)(C)C)ns2)O1. The molecule has 6 heteroatoms. The maximum absolute atomic E-state index is 5.75. The highest BCUT2D eigenvalue weighted by Gasteiger charge is 2.22. The highest BCUT2D eigenvalue weighted by atomic mass is 32.1. The van der Waals surface area contributed by atoms with E-state index in [4.69, 9.17) is 9.47 Å². The Labute approximate surface area is 112 Å². The smallest absolute Gasteiger partial charge is 0.293 e. The van der Waals surface area contributed by atoms with Gasteiger partial charge in [-0.25, -0.2) is 0 Å². The molecule has 5 nitrogen and oxygen atoms in total. The number of nitrogens with zero attached hydrogens (tertiary/aromatic N) is 2. The van der Waals surface area contributed by atoms with Crippen molar-refractivity contribution in [2.75, 3.05) is 19.7 Å². The van der Waals surface area contributed by atoms with Gasteiger partial charge in [0.15, 0.2) is 5.82 Å². The number of nitrogens with one attached hydrogen (secondary N) is 1. The van der Waals surface area contributed by atoms with Gasteiger partial charge in [0.2, 0.25) is 0 Å². The summed E-state index contributed by atoms with van der Waals surface area (Å²) < 4.78 is 15.7. The van der Waals surface area contributed by atoms with Gasteiger partial charge in [0.05, 0.1) is 6.10 Å². The second-order valence-corrected chi connectivity index (χ2v) is 6.39. The molecule has 2 unspecified atom stereocenters. The number of ether oxygens (including phenoxy) is 2. The molecule has 1 aliphatic rings. The highest BCUT2D eigenvalue weighted by molar-refractivity contribution is 7.07. The molecule has 0 radical (unpaired) electrons. The molecular formula is C12H21N3O2S. The average molecular weight is 271 g/mol. The maximum Gasteiger partial charge on any atom is 0.293 e. The van der Waals surface area contributed by atoms with Crippen molar-refractivity contribution in [3.05, 3.63) is 5.82 Å². The van der Waals surface area contributed by atoms with Gasteiger partial charge < -0.3 is 14.8 Å². The third-order valence-electron chi connectivity index (χ3n) is 2.70. The van der Waals surface area contributed by atoms with E-state index in [0.717, 1.165) is 18.9 Å². The molecule has 2 rings (SSSR count). The molecule has 1 aromatic heterocycles. The number of morpholine rings is 1. The number of rotatable bonds is 3. The predicted octanol–water partition coefficient (Wildman–Crippen LogP) is 1.59. The molecule has 1 aliphatic heterocycles. The van der Waals surface area contributed by atoms with Crippen LogP contribution < -0.4 is 10.1 Å². The summed E-state index contributed by atoms with van der Waals surface area (Å²) >= 11 is 1.31. The molecule has 102 valence electrons. The van der Waals surface area contributed by atoms with Crippen LogP contribution >= 0.6 is 11.5 Å². The standard InChI is InChI=1S/C12H21N3O2S/c1-8-5-13-6-9(17-8)7-16-11-14-10(15-18-11)12(2,3)4/h8-9,13H,5-7H2,1-4H3. The first-order valence-corrected chi connectivity index (χ1v) is 7.05. The van der Waals surface area contributed by atoms with Crippen LogP contribution in [0.1, 0.15) is 33.5 Å². The second kappa shape index (κ2) is 5.50. The topological polar surface area (TPSA) is 56.3 Å². The lowest BCUT2D eigenvalue weighted by Gasteiger charge is -2.28. The summed E-state index contributed by atoms with van der Waals surface area (Å²) in [7, 11) is 0. The van der Waals surface area contributed by atoms with Crippen molar-refractivity contribution in [2.24, 2.45) is 0 Å². The van der Waals surface area contributed by atoms with Crippen molar-refractivity contribution in [2.45, 2.75) is 45.3 Å². The molecule has 1 aromatic rings. The van der Waals surface area contributed by atoms with E-state index in [0.29, 0.717) is 11.8 Å². The molecule has 2 atom stereocenters. The van der Waals surface area contributed by atoms with Crippen LogP contribution in [0.3, 0.4) is 0 Å². The van der Waals surface area contributed by atoms with Gasteiger partial charge in [0, 0.05) is 30.0 Å². The van der Waals surface area contributed by atoms with Crippen LogP contribution in [0, 0.1) is 0 Å². The van der Waals surface area contributed by atoms with Gasteiger partial charge in [0.1, 0.15) is 12.7 Å². The first kappa shape index (κ1) is 13.7. The quantitative estimate of drug-likeness (QED) is 0.905. The lowest BCUT2D eigenvalue weighted by Crippen LogP contribution is -2.45. The van der Waals surface area contributed by atoms with Crippen molar-refractivity contribution in [3.8, 4) is 5.19 Å². The number of hydrogen-bond donors (Lipinski definition) is 1. The summed E-state index contributed by atoms with van der Waals surface area (Å²) in [5.41, 5.74) is -0.0322. The zero-order valence-corrected chi connectivity index (χ0v) is 12.2. The Morgan fingerprint density at radius 1 is 1.44 bits per heavy atom. The Kier molecular flexibility index (Phi) is 4.19. The summed E-state index contributed by atoms with van der Waals surface area (Å²) in [4.78, 5) is 4.39. The van der Waals surface area contributed by atoms with Crippen LogP contribution in [-0.4, -0.2) is 41.3 Å². The molecule has 1 fully saturated rings. The number of hydrogen-bond acceptors (Lipinski definition) is 6. The van der Waals surface area contributed by atoms with Crippen molar-refractivity contribution < 1.29 is 9.47 Å². The third kappa shape index (κ3) is 3.63. The van der Waals surface area contributed by atoms with Crippen LogP contribution in [0.15, 0.2) is 0 Å². The maximum atomic E-state index is 5.75. The van der Waals surface area contributed by atoms with E-state index in [2.05, 4.69) is 42.4 Å².